The fraction of sp³-hybridized carbons (Fsp3) is 0.176. The molecule has 0 fully saturated rings. The first kappa shape index (κ1) is 16.6. The number of ketones is 1. The number of anilines is 1. The Morgan fingerprint density at radius 3 is 2.52 bits per heavy atom. The van der Waals surface area contributed by atoms with Crippen molar-refractivity contribution in [3.8, 4) is 0 Å². The van der Waals surface area contributed by atoms with Crippen molar-refractivity contribution in [2.75, 3.05) is 5.32 Å². The summed E-state index contributed by atoms with van der Waals surface area (Å²) in [6.45, 7) is 3.72. The predicted octanol–water partition coefficient (Wildman–Crippen LogP) is 3.61. The van der Waals surface area contributed by atoms with Crippen molar-refractivity contribution in [2.24, 2.45) is 0 Å². The smallest absolute Gasteiger partial charge is 0.249 e. The molecule has 2 rings (SSSR count). The first-order chi connectivity index (χ1) is 11.0. The zero-order chi connectivity index (χ0) is 17.0. The topological polar surface area (TPSA) is 62.0 Å². The quantitative estimate of drug-likeness (QED) is 0.828. The van der Waals surface area contributed by atoms with Gasteiger partial charge in [0.2, 0.25) is 5.56 Å². The van der Waals surface area contributed by atoms with Gasteiger partial charge >= 0.3 is 0 Å². The third-order valence-electron chi connectivity index (χ3n) is 3.35. The zero-order valence-electron chi connectivity index (χ0n) is 12.7. The molecule has 23 heavy (non-hydrogen) atoms. The largest absolute Gasteiger partial charge is 0.345 e. The molecule has 0 aliphatic heterocycles. The Bertz CT molecular complexity index is 826. The Balaban J connectivity index is 2.50. The zero-order valence-corrected chi connectivity index (χ0v) is 12.7. The minimum Gasteiger partial charge on any atom is -0.345 e. The summed E-state index contributed by atoms with van der Waals surface area (Å²) in [6, 6.07) is 5.24. The minimum atomic E-state index is -0.950. The molecule has 0 saturated carbocycles. The van der Waals surface area contributed by atoms with E-state index in [1.54, 1.807) is 6.08 Å². The number of H-pyrrole nitrogens is 1. The fourth-order valence-corrected chi connectivity index (χ4v) is 2.11. The third-order valence-corrected chi connectivity index (χ3v) is 3.35. The highest BCUT2D eigenvalue weighted by molar-refractivity contribution is 6.12. The van der Waals surface area contributed by atoms with E-state index in [1.807, 2.05) is 13.8 Å². The fourth-order valence-electron chi connectivity index (χ4n) is 2.11. The Morgan fingerprint density at radius 1 is 1.22 bits per heavy atom. The molecule has 0 unspecified atom stereocenters. The third kappa shape index (κ3) is 3.71. The van der Waals surface area contributed by atoms with Crippen LogP contribution in [-0.2, 0) is 0 Å². The first-order valence-electron chi connectivity index (χ1n) is 7.11. The molecule has 4 nitrogen and oxygen atoms in total. The van der Waals surface area contributed by atoms with Gasteiger partial charge in [-0.05, 0) is 31.5 Å². The molecule has 0 aliphatic carbocycles. The lowest BCUT2D eigenvalue weighted by Crippen LogP contribution is -2.16. The van der Waals surface area contributed by atoms with Crippen LogP contribution in [0, 0.1) is 11.6 Å². The van der Waals surface area contributed by atoms with Gasteiger partial charge in [0.15, 0.2) is 5.78 Å². The van der Waals surface area contributed by atoms with Crippen LogP contribution in [0.1, 0.15) is 36.2 Å². The first-order valence-corrected chi connectivity index (χ1v) is 7.11. The second kappa shape index (κ2) is 7.00. The molecule has 120 valence electrons. The van der Waals surface area contributed by atoms with Gasteiger partial charge in [-0.2, -0.15) is 0 Å². The number of benzene rings is 1. The van der Waals surface area contributed by atoms with E-state index in [1.165, 1.54) is 12.1 Å². The summed E-state index contributed by atoms with van der Waals surface area (Å²) in [5.41, 5.74) is 0.235. The maximum Gasteiger partial charge on any atom is 0.249 e. The second-order valence-electron chi connectivity index (χ2n) is 4.86. The lowest BCUT2D eigenvalue weighted by molar-refractivity contribution is 0.103. The van der Waals surface area contributed by atoms with Crippen molar-refractivity contribution in [3.05, 3.63) is 75.2 Å². The summed E-state index contributed by atoms with van der Waals surface area (Å²) in [4.78, 5) is 26.6. The summed E-state index contributed by atoms with van der Waals surface area (Å²) >= 11 is 0. The van der Waals surface area contributed by atoms with Crippen LogP contribution in [0.15, 0.2) is 46.9 Å². The van der Waals surface area contributed by atoms with Crippen LogP contribution in [0.25, 0.3) is 0 Å². The van der Waals surface area contributed by atoms with E-state index in [0.29, 0.717) is 12.5 Å². The van der Waals surface area contributed by atoms with E-state index in [-0.39, 0.29) is 16.9 Å². The molecular weight excluding hydrogens is 302 g/mol. The molecule has 1 aromatic carbocycles. The number of hydrogen-bond donors (Lipinski definition) is 2. The number of hydrogen-bond acceptors (Lipinski definition) is 3. The SMILES string of the molecule is C/C=C(\CC)Nc1[nH]c(=O)ccc1C(=O)c1ccc(F)cc1F. The highest BCUT2D eigenvalue weighted by atomic mass is 19.1. The molecule has 0 radical (unpaired) electrons. The molecular formula is C17H16F2N2O2. The Hall–Kier alpha value is -2.76. The van der Waals surface area contributed by atoms with Crippen LogP contribution in [0.2, 0.25) is 0 Å². The lowest BCUT2D eigenvalue weighted by Gasteiger charge is -2.13. The normalized spacial score (nSPS) is 11.4. The number of halogens is 2. The van der Waals surface area contributed by atoms with Crippen molar-refractivity contribution in [1.82, 2.24) is 4.98 Å². The molecule has 1 heterocycles. The van der Waals surface area contributed by atoms with E-state index >= 15 is 0 Å². The Labute approximate surface area is 131 Å². The van der Waals surface area contributed by atoms with E-state index in [2.05, 4.69) is 10.3 Å². The van der Waals surface area contributed by atoms with Gasteiger partial charge in [-0.1, -0.05) is 13.0 Å². The molecule has 0 aliphatic rings. The Morgan fingerprint density at radius 2 is 1.91 bits per heavy atom. The number of allylic oxidation sites excluding steroid dienone is 2. The van der Waals surface area contributed by atoms with Crippen LogP contribution >= 0.6 is 0 Å². The standard InChI is InChI=1S/C17H16F2N2O2/c1-3-11(4-2)20-17-13(7-8-15(22)21-17)16(23)12-6-5-10(18)9-14(12)19/h3,5-9H,4H2,1-2H3,(H2,20,21,22)/b11-3+. The molecule has 2 aromatic rings. The maximum atomic E-state index is 13.8. The molecule has 2 N–H and O–H groups in total. The minimum absolute atomic E-state index is 0.0999. The monoisotopic (exact) mass is 318 g/mol. The number of aromatic nitrogens is 1. The van der Waals surface area contributed by atoms with Crippen molar-refractivity contribution in [1.29, 1.82) is 0 Å². The Kier molecular flexibility index (Phi) is 5.05. The molecule has 0 bridgehead atoms. The van der Waals surface area contributed by atoms with Crippen molar-refractivity contribution >= 4 is 11.6 Å². The van der Waals surface area contributed by atoms with Gasteiger partial charge in [0, 0.05) is 17.8 Å². The predicted molar refractivity (Wildman–Crippen MR) is 84.5 cm³/mol. The summed E-state index contributed by atoms with van der Waals surface area (Å²) < 4.78 is 26.8. The van der Waals surface area contributed by atoms with E-state index in [9.17, 15) is 18.4 Å². The van der Waals surface area contributed by atoms with Gasteiger partial charge in [-0.25, -0.2) is 8.78 Å². The van der Waals surface area contributed by atoms with E-state index in [4.69, 9.17) is 0 Å². The number of rotatable bonds is 5. The molecule has 0 saturated heterocycles. The van der Waals surface area contributed by atoms with E-state index in [0.717, 1.165) is 17.8 Å². The van der Waals surface area contributed by atoms with Crippen molar-refractivity contribution < 1.29 is 13.6 Å². The maximum absolute atomic E-state index is 13.8. The second-order valence-corrected chi connectivity index (χ2v) is 4.86. The van der Waals surface area contributed by atoms with Crippen LogP contribution in [0.4, 0.5) is 14.6 Å². The van der Waals surface area contributed by atoms with Gasteiger partial charge in [0.1, 0.15) is 17.5 Å². The van der Waals surface area contributed by atoms with Crippen LogP contribution in [-0.4, -0.2) is 10.8 Å². The van der Waals surface area contributed by atoms with Gasteiger partial charge in [0.05, 0.1) is 11.1 Å². The number of nitrogens with one attached hydrogen (secondary N) is 2. The van der Waals surface area contributed by atoms with E-state index < -0.39 is 23.0 Å². The molecule has 0 atom stereocenters. The van der Waals surface area contributed by atoms with Crippen molar-refractivity contribution in [2.45, 2.75) is 20.3 Å². The summed E-state index contributed by atoms with van der Waals surface area (Å²) in [7, 11) is 0. The summed E-state index contributed by atoms with van der Waals surface area (Å²) in [5.74, 6) is -2.18. The van der Waals surface area contributed by atoms with Gasteiger partial charge in [0.25, 0.3) is 0 Å². The highest BCUT2D eigenvalue weighted by Crippen LogP contribution is 2.20. The van der Waals surface area contributed by atoms with Crippen LogP contribution in [0.5, 0.6) is 0 Å². The molecule has 0 spiro atoms. The average molecular weight is 318 g/mol. The lowest BCUT2D eigenvalue weighted by atomic mass is 10.0. The highest BCUT2D eigenvalue weighted by Gasteiger charge is 2.19. The molecule has 0 amide bonds. The van der Waals surface area contributed by atoms with Gasteiger partial charge in [-0.15, -0.1) is 0 Å². The average Bonchev–Trinajstić information content (AvgIpc) is 2.52. The van der Waals surface area contributed by atoms with Crippen LogP contribution < -0.4 is 10.9 Å². The van der Waals surface area contributed by atoms with Crippen LogP contribution in [0.3, 0.4) is 0 Å². The number of carbonyl (C=O) groups excluding carboxylic acids is 1. The van der Waals surface area contributed by atoms with Gasteiger partial charge < -0.3 is 10.3 Å². The summed E-state index contributed by atoms with van der Waals surface area (Å²) in [6.07, 6.45) is 2.46. The van der Waals surface area contributed by atoms with Gasteiger partial charge in [-0.3, -0.25) is 9.59 Å². The number of carbonyl (C=O) groups is 1. The number of pyridine rings is 1. The molecule has 6 heteroatoms. The summed E-state index contributed by atoms with van der Waals surface area (Å²) in [5, 5.41) is 2.96. The van der Waals surface area contributed by atoms with Crippen molar-refractivity contribution in [3.63, 3.8) is 0 Å². The number of aromatic amines is 1. The molecule has 1 aromatic heterocycles.